The lowest BCUT2D eigenvalue weighted by atomic mass is 9.47. The molecule has 8 aliphatic rings. The second-order valence-electron chi connectivity index (χ2n) is 18.4. The van der Waals surface area contributed by atoms with Crippen LogP contribution in [0.3, 0.4) is 0 Å². The van der Waals surface area contributed by atoms with E-state index in [9.17, 15) is 30.6 Å². The molecule has 4 heterocycles. The van der Waals surface area contributed by atoms with Crippen molar-refractivity contribution in [2.45, 2.75) is 172 Å². The van der Waals surface area contributed by atoms with Crippen molar-refractivity contribution < 1.29 is 54.3 Å². The number of aliphatic hydroxyl groups is 6. The van der Waals surface area contributed by atoms with Gasteiger partial charge in [0.05, 0.1) is 24.9 Å². The first-order valence-electron chi connectivity index (χ1n) is 20.0. The van der Waals surface area contributed by atoms with Gasteiger partial charge in [0.1, 0.15) is 48.5 Å². The van der Waals surface area contributed by atoms with E-state index in [-0.39, 0.29) is 17.2 Å². The van der Waals surface area contributed by atoms with Crippen molar-refractivity contribution in [2.75, 3.05) is 13.2 Å². The molecule has 1 spiro atoms. The van der Waals surface area contributed by atoms with Crippen molar-refractivity contribution in [3.8, 4) is 0 Å². The maximum atomic E-state index is 11.2. The number of rotatable bonds is 5. The highest BCUT2D eigenvalue weighted by atomic mass is 16.8. The largest absolute Gasteiger partial charge is 0.394 e. The third kappa shape index (κ3) is 5.84. The summed E-state index contributed by atoms with van der Waals surface area (Å²) in [6, 6.07) is 0. The van der Waals surface area contributed by atoms with E-state index in [0.717, 1.165) is 38.6 Å². The van der Waals surface area contributed by atoms with Crippen molar-refractivity contribution in [3.05, 3.63) is 11.6 Å². The molecule has 12 nitrogen and oxygen atoms in total. The Morgan fingerprint density at radius 1 is 0.843 bits per heavy atom. The zero-order valence-electron chi connectivity index (χ0n) is 31.0. The molecule has 0 aromatic rings. The Bertz CT molecular complexity index is 1310. The number of hydrogen-bond acceptors (Lipinski definition) is 12. The molecule has 7 N–H and O–H groups in total. The van der Waals surface area contributed by atoms with Gasteiger partial charge >= 0.3 is 0 Å². The molecule has 0 unspecified atom stereocenters. The van der Waals surface area contributed by atoms with E-state index < -0.39 is 68.0 Å². The number of piperidine rings is 1. The summed E-state index contributed by atoms with van der Waals surface area (Å²) in [4.78, 5) is 0. The average Bonchev–Trinajstić information content (AvgIpc) is 3.56. The Balaban J connectivity index is 0.904. The highest BCUT2D eigenvalue weighted by Gasteiger charge is 2.68. The molecule has 7 fully saturated rings. The molecule has 12 heteroatoms. The van der Waals surface area contributed by atoms with Gasteiger partial charge in [0.25, 0.3) is 0 Å². The zero-order valence-corrected chi connectivity index (χ0v) is 31.0. The molecule has 4 saturated heterocycles. The first-order chi connectivity index (χ1) is 24.2. The fourth-order valence-electron chi connectivity index (χ4n) is 12.8. The van der Waals surface area contributed by atoms with Crippen LogP contribution in [-0.2, 0) is 23.7 Å². The van der Waals surface area contributed by atoms with Gasteiger partial charge in [-0.3, -0.25) is 5.32 Å². The van der Waals surface area contributed by atoms with E-state index in [1.807, 2.05) is 0 Å². The lowest BCUT2D eigenvalue weighted by Gasteiger charge is -2.59. The molecule has 3 saturated carbocycles. The second-order valence-corrected chi connectivity index (χ2v) is 18.4. The van der Waals surface area contributed by atoms with E-state index in [4.69, 9.17) is 23.7 Å². The average molecular weight is 722 g/mol. The van der Waals surface area contributed by atoms with E-state index >= 15 is 0 Å². The van der Waals surface area contributed by atoms with Gasteiger partial charge in [-0.15, -0.1) is 0 Å². The SMILES string of the molecule is C[C@@H]1CC[C@@]2(NC1)O[C@H]1C[C@H]3[C@@H]4CC=C5C[C@@H](O[C@@H]6[C@@H](O)[C@@H](O)[C@H](O[C@@H]7O[C@H](CO)[C@@H](O)[C@H](O)[C@H]7O)O[C@H]6C)CC[C@]5(C)[C@H]4CC[C@]3(C)[C@H]1[C@@H]2C. The number of allylic oxidation sites excluding steroid dienone is 1. The summed E-state index contributed by atoms with van der Waals surface area (Å²) in [5, 5.41) is 66.3. The summed E-state index contributed by atoms with van der Waals surface area (Å²) < 4.78 is 30.7. The van der Waals surface area contributed by atoms with Crippen molar-refractivity contribution >= 4 is 0 Å². The van der Waals surface area contributed by atoms with Gasteiger partial charge in [-0.25, -0.2) is 0 Å². The highest BCUT2D eigenvalue weighted by Crippen LogP contribution is 2.70. The van der Waals surface area contributed by atoms with Gasteiger partial charge < -0.3 is 54.3 Å². The van der Waals surface area contributed by atoms with Crippen molar-refractivity contribution in [1.82, 2.24) is 5.32 Å². The molecular weight excluding hydrogens is 658 g/mol. The molecule has 51 heavy (non-hydrogen) atoms. The van der Waals surface area contributed by atoms with E-state index in [1.54, 1.807) is 6.92 Å². The number of ether oxygens (including phenoxy) is 5. The van der Waals surface area contributed by atoms with Gasteiger partial charge in [-0.05, 0) is 105 Å². The minimum atomic E-state index is -1.65. The molecule has 8 rings (SSSR count). The second kappa shape index (κ2) is 13.5. The van der Waals surface area contributed by atoms with Gasteiger partial charge in [0.2, 0.25) is 0 Å². The van der Waals surface area contributed by atoms with Gasteiger partial charge in [0.15, 0.2) is 12.6 Å². The summed E-state index contributed by atoms with van der Waals surface area (Å²) in [7, 11) is 0. The van der Waals surface area contributed by atoms with Crippen LogP contribution in [0.25, 0.3) is 0 Å². The van der Waals surface area contributed by atoms with E-state index in [2.05, 4.69) is 39.1 Å². The Morgan fingerprint density at radius 3 is 2.31 bits per heavy atom. The Hall–Kier alpha value is -0.740. The van der Waals surface area contributed by atoms with E-state index in [1.165, 1.54) is 31.3 Å². The molecule has 290 valence electrons. The predicted molar refractivity (Wildman–Crippen MR) is 184 cm³/mol. The van der Waals surface area contributed by atoms with Crippen molar-refractivity contribution in [1.29, 1.82) is 0 Å². The third-order valence-corrected chi connectivity index (χ3v) is 15.8. The molecule has 0 bridgehead atoms. The molecule has 21 atom stereocenters. The predicted octanol–water partition coefficient (Wildman–Crippen LogP) is 1.96. The Morgan fingerprint density at radius 2 is 1.59 bits per heavy atom. The molecule has 0 radical (unpaired) electrons. The van der Waals surface area contributed by atoms with Crippen LogP contribution in [0, 0.1) is 46.3 Å². The monoisotopic (exact) mass is 721 g/mol. The first-order valence-corrected chi connectivity index (χ1v) is 20.0. The smallest absolute Gasteiger partial charge is 0.189 e. The number of hydrogen-bond donors (Lipinski definition) is 7. The van der Waals surface area contributed by atoms with Crippen LogP contribution in [0.2, 0.25) is 0 Å². The fraction of sp³-hybridized carbons (Fsp3) is 0.949. The molecule has 4 aliphatic carbocycles. The highest BCUT2D eigenvalue weighted by molar-refractivity contribution is 5.26. The maximum Gasteiger partial charge on any atom is 0.189 e. The fourth-order valence-corrected chi connectivity index (χ4v) is 12.8. The van der Waals surface area contributed by atoms with Crippen LogP contribution in [-0.4, -0.2) is 123 Å². The van der Waals surface area contributed by atoms with E-state index in [0.29, 0.717) is 47.0 Å². The van der Waals surface area contributed by atoms with Crippen LogP contribution in [0.15, 0.2) is 11.6 Å². The minimum Gasteiger partial charge on any atom is -0.394 e. The van der Waals surface area contributed by atoms with Crippen LogP contribution in [0.1, 0.15) is 92.4 Å². The standard InChI is InChI=1S/C39H63NO11/c1-18-8-13-39(40-16-18)19(2)28-26(51-39)15-25-23-7-6-21-14-22(9-11-37(21,4)24(23)10-12-38(25,28)5)48-34-20(3)47-35(33(46)31(34)44)50-36-32(45)30(43)29(42)27(17-41)49-36/h6,18-20,22-36,40-46H,7-17H2,1-5H3/t18-,19+,20+,22+,23-,24+,25+,26+,27-,28+,29-,30+,31+,32-,33-,34+,35+,36+,37+,38+,39-/m1/s1. The Kier molecular flexibility index (Phi) is 9.83. The lowest BCUT2D eigenvalue weighted by molar-refractivity contribution is -0.377. The first kappa shape index (κ1) is 37.2. The summed E-state index contributed by atoms with van der Waals surface area (Å²) in [5.74, 6) is 3.82. The molecule has 0 amide bonds. The van der Waals surface area contributed by atoms with Crippen LogP contribution >= 0.6 is 0 Å². The minimum absolute atomic E-state index is 0.119. The number of nitrogens with one attached hydrogen (secondary N) is 1. The summed E-state index contributed by atoms with van der Waals surface area (Å²) in [5.41, 5.74) is 1.75. The molecular formula is C39H63NO11. The number of aliphatic hydroxyl groups excluding tert-OH is 6. The van der Waals surface area contributed by atoms with Crippen LogP contribution in [0.4, 0.5) is 0 Å². The van der Waals surface area contributed by atoms with Crippen LogP contribution < -0.4 is 5.32 Å². The third-order valence-electron chi connectivity index (χ3n) is 15.8. The zero-order chi connectivity index (χ0) is 36.2. The van der Waals surface area contributed by atoms with Crippen molar-refractivity contribution in [3.63, 3.8) is 0 Å². The Labute approximate surface area is 302 Å². The summed E-state index contributed by atoms with van der Waals surface area (Å²) in [6.45, 7) is 12.1. The summed E-state index contributed by atoms with van der Waals surface area (Å²) in [6.07, 6.45) is -0.668. The normalized spacial score (nSPS) is 58.4. The lowest BCUT2D eigenvalue weighted by Crippen LogP contribution is -2.63. The van der Waals surface area contributed by atoms with Gasteiger partial charge in [-0.2, -0.15) is 0 Å². The topological polar surface area (TPSA) is 180 Å². The van der Waals surface area contributed by atoms with Gasteiger partial charge in [0, 0.05) is 12.5 Å². The summed E-state index contributed by atoms with van der Waals surface area (Å²) >= 11 is 0. The quantitative estimate of drug-likeness (QED) is 0.206. The van der Waals surface area contributed by atoms with Crippen LogP contribution in [0.5, 0.6) is 0 Å². The molecule has 4 aliphatic heterocycles. The number of fused-ring (bicyclic) bond motifs is 7. The molecule has 0 aromatic carbocycles. The van der Waals surface area contributed by atoms with Crippen molar-refractivity contribution in [2.24, 2.45) is 46.3 Å². The maximum absolute atomic E-state index is 11.2. The molecule has 0 aromatic heterocycles. The van der Waals surface area contributed by atoms with Gasteiger partial charge in [-0.1, -0.05) is 39.3 Å².